The molecule has 0 radical (unpaired) electrons. The number of aryl methyl sites for hydroxylation is 1. The van der Waals surface area contributed by atoms with Crippen LogP contribution in [0.5, 0.6) is 0 Å². The van der Waals surface area contributed by atoms with E-state index in [0.29, 0.717) is 37.3 Å². The Hall–Kier alpha value is -3.33. The maximum absolute atomic E-state index is 12.8. The number of nitrogens with zero attached hydrogens (tertiary/aromatic N) is 4. The van der Waals surface area contributed by atoms with Crippen LogP contribution in [0.2, 0.25) is 0 Å². The number of pyridine rings is 1. The number of amides is 2. The topological polar surface area (TPSA) is 97.2 Å². The van der Waals surface area contributed by atoms with Crippen LogP contribution in [-0.4, -0.2) is 37.8 Å². The van der Waals surface area contributed by atoms with Crippen LogP contribution in [0, 0.1) is 0 Å². The molecule has 9 heteroatoms. The first-order chi connectivity index (χ1) is 14.0. The fraction of sp³-hybridized carbons (Fsp3) is 0.250. The molecule has 3 aromatic rings. The molecule has 0 unspecified atom stereocenters. The largest absolute Gasteiger partial charge is 0.347 e. The number of carbonyl (C=O) groups is 2. The molecule has 0 aromatic carbocycles. The van der Waals surface area contributed by atoms with Gasteiger partial charge in [0.1, 0.15) is 17.6 Å². The minimum atomic E-state index is -0.383. The average molecular weight is 409 g/mol. The van der Waals surface area contributed by atoms with Crippen molar-refractivity contribution in [1.29, 1.82) is 0 Å². The first-order valence-electron chi connectivity index (χ1n) is 9.12. The van der Waals surface area contributed by atoms with E-state index in [9.17, 15) is 14.4 Å². The Morgan fingerprint density at radius 3 is 2.90 bits per heavy atom. The molecule has 29 heavy (non-hydrogen) atoms. The second-order valence-corrected chi connectivity index (χ2v) is 7.79. The van der Waals surface area contributed by atoms with Crippen LogP contribution in [0.3, 0.4) is 0 Å². The van der Waals surface area contributed by atoms with Crippen molar-refractivity contribution in [2.45, 2.75) is 19.5 Å². The van der Waals surface area contributed by atoms with Crippen molar-refractivity contribution in [2.75, 3.05) is 6.54 Å². The number of carbonyl (C=O) groups excluding carboxylic acids is 2. The second kappa shape index (κ2) is 7.96. The van der Waals surface area contributed by atoms with Crippen molar-refractivity contribution in [2.24, 2.45) is 7.05 Å². The van der Waals surface area contributed by atoms with Crippen LogP contribution in [-0.2, 0) is 26.6 Å². The Morgan fingerprint density at radius 2 is 2.17 bits per heavy atom. The molecule has 1 N–H and O–H groups in total. The predicted molar refractivity (Wildman–Crippen MR) is 108 cm³/mol. The molecule has 8 nitrogen and oxygen atoms in total. The van der Waals surface area contributed by atoms with E-state index in [-0.39, 0.29) is 22.9 Å². The smallest absolute Gasteiger partial charge is 0.272 e. The number of hydrogen-bond acceptors (Lipinski definition) is 6. The zero-order valence-corrected chi connectivity index (χ0v) is 16.6. The third kappa shape index (κ3) is 3.81. The summed E-state index contributed by atoms with van der Waals surface area (Å²) in [6.45, 7) is 1.10. The van der Waals surface area contributed by atoms with E-state index in [0.717, 1.165) is 10.4 Å². The lowest BCUT2D eigenvalue weighted by Crippen LogP contribution is -2.41. The standard InChI is InChI=1S/C20H19N5O3S/c1-24-10-13-11-25(19(27)16-4-6-21-12-23-16)7-5-15(13)17(20(24)28)18(26)22-9-14-3-2-8-29-14/h2-4,6,8,10,12H,5,7,9,11H2,1H3,(H,22,26). The normalized spacial score (nSPS) is 13.1. The summed E-state index contributed by atoms with van der Waals surface area (Å²) >= 11 is 1.55. The monoisotopic (exact) mass is 409 g/mol. The van der Waals surface area contributed by atoms with Gasteiger partial charge >= 0.3 is 0 Å². The van der Waals surface area contributed by atoms with Gasteiger partial charge in [-0.05, 0) is 35.1 Å². The molecular formula is C20H19N5O3S. The van der Waals surface area contributed by atoms with Gasteiger partial charge in [-0.25, -0.2) is 9.97 Å². The van der Waals surface area contributed by atoms with Crippen molar-refractivity contribution < 1.29 is 9.59 Å². The second-order valence-electron chi connectivity index (χ2n) is 6.76. The molecule has 0 bridgehead atoms. The predicted octanol–water partition coefficient (Wildman–Crippen LogP) is 1.37. The molecule has 0 fully saturated rings. The van der Waals surface area contributed by atoms with Crippen LogP contribution < -0.4 is 10.9 Å². The van der Waals surface area contributed by atoms with E-state index in [4.69, 9.17) is 0 Å². The van der Waals surface area contributed by atoms with Gasteiger partial charge in [-0.1, -0.05) is 6.07 Å². The molecule has 0 spiro atoms. The van der Waals surface area contributed by atoms with E-state index in [1.807, 2.05) is 17.5 Å². The van der Waals surface area contributed by atoms with Crippen molar-refractivity contribution in [1.82, 2.24) is 24.8 Å². The number of hydrogen-bond donors (Lipinski definition) is 1. The SMILES string of the molecule is Cn1cc2c(c(C(=O)NCc3cccs3)c1=O)CCN(C(=O)c1ccncn1)C2. The Kier molecular flexibility index (Phi) is 5.22. The molecular weight excluding hydrogens is 390 g/mol. The van der Waals surface area contributed by atoms with Gasteiger partial charge in [0.15, 0.2) is 0 Å². The summed E-state index contributed by atoms with van der Waals surface area (Å²) in [5.41, 5.74) is 1.66. The summed E-state index contributed by atoms with van der Waals surface area (Å²) in [5.74, 6) is -0.581. The van der Waals surface area contributed by atoms with E-state index in [1.54, 1.807) is 35.5 Å². The number of aromatic nitrogens is 3. The van der Waals surface area contributed by atoms with Crippen molar-refractivity contribution in [3.8, 4) is 0 Å². The lowest BCUT2D eigenvalue weighted by atomic mass is 9.96. The summed E-state index contributed by atoms with van der Waals surface area (Å²) in [7, 11) is 1.61. The highest BCUT2D eigenvalue weighted by Gasteiger charge is 2.28. The molecule has 4 rings (SSSR count). The van der Waals surface area contributed by atoms with Gasteiger partial charge in [0.05, 0.1) is 6.54 Å². The fourth-order valence-electron chi connectivity index (χ4n) is 3.45. The van der Waals surface area contributed by atoms with E-state index < -0.39 is 0 Å². The van der Waals surface area contributed by atoms with Crippen LogP contribution in [0.25, 0.3) is 0 Å². The highest BCUT2D eigenvalue weighted by molar-refractivity contribution is 7.09. The summed E-state index contributed by atoms with van der Waals surface area (Å²) in [6.07, 6.45) is 5.00. The summed E-state index contributed by atoms with van der Waals surface area (Å²) in [5, 5.41) is 4.78. The molecule has 0 saturated heterocycles. The minimum Gasteiger partial charge on any atom is -0.347 e. The summed E-state index contributed by atoms with van der Waals surface area (Å²) in [4.78, 5) is 48.7. The van der Waals surface area contributed by atoms with Crippen LogP contribution in [0.1, 0.15) is 36.9 Å². The van der Waals surface area contributed by atoms with E-state index in [2.05, 4.69) is 15.3 Å². The maximum atomic E-state index is 12.8. The van der Waals surface area contributed by atoms with Crippen molar-refractivity contribution >= 4 is 23.2 Å². The molecule has 3 aromatic heterocycles. The number of thiophene rings is 1. The van der Waals surface area contributed by atoms with Gasteiger partial charge in [0, 0.05) is 37.4 Å². The van der Waals surface area contributed by atoms with Gasteiger partial charge in [0.2, 0.25) is 0 Å². The third-order valence-corrected chi connectivity index (χ3v) is 5.76. The Morgan fingerprint density at radius 1 is 1.31 bits per heavy atom. The zero-order chi connectivity index (χ0) is 20.4. The first kappa shape index (κ1) is 19.0. The van der Waals surface area contributed by atoms with E-state index in [1.165, 1.54) is 17.1 Å². The van der Waals surface area contributed by atoms with E-state index >= 15 is 0 Å². The zero-order valence-electron chi connectivity index (χ0n) is 15.8. The molecule has 0 aliphatic carbocycles. The number of rotatable bonds is 4. The van der Waals surface area contributed by atoms with Gasteiger partial charge in [-0.2, -0.15) is 0 Å². The van der Waals surface area contributed by atoms with Gasteiger partial charge in [-0.15, -0.1) is 11.3 Å². The third-order valence-electron chi connectivity index (χ3n) is 4.88. The summed E-state index contributed by atoms with van der Waals surface area (Å²) in [6, 6.07) is 5.42. The quantitative estimate of drug-likeness (QED) is 0.702. The molecule has 0 saturated carbocycles. The van der Waals surface area contributed by atoms with Gasteiger partial charge < -0.3 is 14.8 Å². The van der Waals surface area contributed by atoms with Gasteiger partial charge in [-0.3, -0.25) is 14.4 Å². The molecule has 1 aliphatic rings. The highest BCUT2D eigenvalue weighted by atomic mass is 32.1. The van der Waals surface area contributed by atoms with Crippen LogP contribution in [0.4, 0.5) is 0 Å². The van der Waals surface area contributed by atoms with Crippen LogP contribution >= 0.6 is 11.3 Å². The fourth-order valence-corrected chi connectivity index (χ4v) is 4.09. The molecule has 0 atom stereocenters. The minimum absolute atomic E-state index is 0.163. The molecule has 4 heterocycles. The maximum Gasteiger partial charge on any atom is 0.272 e. The molecule has 148 valence electrons. The Bertz CT molecular complexity index is 1110. The van der Waals surface area contributed by atoms with Crippen molar-refractivity contribution in [3.63, 3.8) is 0 Å². The number of fused-ring (bicyclic) bond motifs is 1. The highest BCUT2D eigenvalue weighted by Crippen LogP contribution is 2.22. The van der Waals surface area contributed by atoms with Crippen molar-refractivity contribution in [3.05, 3.63) is 79.9 Å². The average Bonchev–Trinajstić information content (AvgIpc) is 3.26. The number of nitrogens with one attached hydrogen (secondary N) is 1. The molecule has 2 amide bonds. The first-order valence-corrected chi connectivity index (χ1v) is 10.00. The lowest BCUT2D eigenvalue weighted by Gasteiger charge is -2.30. The van der Waals surface area contributed by atoms with Gasteiger partial charge in [0.25, 0.3) is 17.4 Å². The summed E-state index contributed by atoms with van der Waals surface area (Å²) < 4.78 is 1.40. The Balaban J connectivity index is 1.60. The molecule has 1 aliphatic heterocycles. The Labute approximate surface area is 170 Å². The lowest BCUT2D eigenvalue weighted by molar-refractivity contribution is 0.0727. The van der Waals surface area contributed by atoms with Crippen LogP contribution in [0.15, 0.2) is 47.1 Å².